The van der Waals surface area contributed by atoms with Gasteiger partial charge in [-0.05, 0) is 40.8 Å². The molecule has 0 unspecified atom stereocenters. The Bertz CT molecular complexity index is 452. The summed E-state index contributed by atoms with van der Waals surface area (Å²) in [5.41, 5.74) is 0.740. The highest BCUT2D eigenvalue weighted by Gasteiger charge is 2.12. The number of nitrogens with zero attached hydrogens (tertiary/aromatic N) is 1. The zero-order chi connectivity index (χ0) is 13.7. The van der Waals surface area contributed by atoms with Crippen molar-refractivity contribution in [2.45, 2.75) is 0 Å². The van der Waals surface area contributed by atoms with Crippen molar-refractivity contribution in [3.63, 3.8) is 0 Å². The van der Waals surface area contributed by atoms with Gasteiger partial charge in [-0.2, -0.15) is 11.8 Å². The molecule has 1 fully saturated rings. The van der Waals surface area contributed by atoms with Crippen molar-refractivity contribution in [2.24, 2.45) is 0 Å². The second-order valence-electron chi connectivity index (χ2n) is 4.33. The lowest BCUT2D eigenvalue weighted by atomic mass is 10.2. The third-order valence-corrected chi connectivity index (χ3v) is 5.37. The van der Waals surface area contributed by atoms with Crippen LogP contribution < -0.4 is 5.32 Å². The van der Waals surface area contributed by atoms with E-state index in [-0.39, 0.29) is 5.91 Å². The first-order valence-corrected chi connectivity index (χ1v) is 9.23. The van der Waals surface area contributed by atoms with Crippen LogP contribution in [0.1, 0.15) is 10.4 Å². The largest absolute Gasteiger partial charge is 0.351 e. The van der Waals surface area contributed by atoms with Crippen LogP contribution in [0.3, 0.4) is 0 Å². The Kier molecular flexibility index (Phi) is 6.44. The third kappa shape index (κ3) is 4.91. The molecule has 2 rings (SSSR count). The molecule has 0 atom stereocenters. The molecule has 1 aromatic carbocycles. The van der Waals surface area contributed by atoms with Crippen molar-refractivity contribution in [1.29, 1.82) is 0 Å². The summed E-state index contributed by atoms with van der Waals surface area (Å²) in [7, 11) is 0. The van der Waals surface area contributed by atoms with Crippen LogP contribution in [0.15, 0.2) is 22.7 Å². The standard InChI is InChI=1S/C13H16BrIN2OS/c14-10-1-2-12(15)11(9-10)13(18)16-3-4-17-5-7-19-8-6-17/h1-2,9H,3-8H2,(H,16,18). The highest BCUT2D eigenvalue weighted by Crippen LogP contribution is 2.18. The van der Waals surface area contributed by atoms with Gasteiger partial charge in [-0.1, -0.05) is 15.9 Å². The molecule has 1 amide bonds. The van der Waals surface area contributed by atoms with E-state index in [9.17, 15) is 4.79 Å². The second kappa shape index (κ2) is 7.85. The Labute approximate surface area is 140 Å². The summed E-state index contributed by atoms with van der Waals surface area (Å²) < 4.78 is 1.92. The molecule has 1 aliphatic heterocycles. The third-order valence-electron chi connectivity index (χ3n) is 2.99. The summed E-state index contributed by atoms with van der Waals surface area (Å²) in [6.45, 7) is 3.92. The molecule has 1 N–H and O–H groups in total. The number of benzene rings is 1. The minimum absolute atomic E-state index is 0.0112. The van der Waals surface area contributed by atoms with Gasteiger partial charge in [0, 0.05) is 45.7 Å². The van der Waals surface area contributed by atoms with Crippen LogP contribution >= 0.6 is 50.3 Å². The molecule has 0 spiro atoms. The van der Waals surface area contributed by atoms with Crippen LogP contribution in [0.25, 0.3) is 0 Å². The minimum Gasteiger partial charge on any atom is -0.351 e. The molecule has 1 saturated heterocycles. The van der Waals surface area contributed by atoms with Gasteiger partial charge >= 0.3 is 0 Å². The van der Waals surface area contributed by atoms with Gasteiger partial charge in [-0.15, -0.1) is 0 Å². The fourth-order valence-electron chi connectivity index (χ4n) is 1.92. The molecule has 104 valence electrons. The van der Waals surface area contributed by atoms with Gasteiger partial charge in [0.25, 0.3) is 5.91 Å². The van der Waals surface area contributed by atoms with Crippen molar-refractivity contribution >= 4 is 56.2 Å². The van der Waals surface area contributed by atoms with E-state index in [4.69, 9.17) is 0 Å². The maximum absolute atomic E-state index is 12.1. The van der Waals surface area contributed by atoms with E-state index in [1.54, 1.807) is 0 Å². The molecule has 6 heteroatoms. The molecular formula is C13H16BrIN2OS. The van der Waals surface area contributed by atoms with Crippen molar-refractivity contribution in [3.8, 4) is 0 Å². The maximum Gasteiger partial charge on any atom is 0.252 e. The molecular weight excluding hydrogens is 439 g/mol. The van der Waals surface area contributed by atoms with E-state index >= 15 is 0 Å². The number of amides is 1. The topological polar surface area (TPSA) is 32.3 Å². The van der Waals surface area contributed by atoms with Crippen LogP contribution in [-0.4, -0.2) is 48.5 Å². The Hall–Kier alpha value is 0.210. The number of hydrogen-bond acceptors (Lipinski definition) is 3. The smallest absolute Gasteiger partial charge is 0.252 e. The molecule has 1 aliphatic rings. The Morgan fingerprint density at radius 1 is 1.42 bits per heavy atom. The van der Waals surface area contributed by atoms with Crippen LogP contribution in [-0.2, 0) is 0 Å². The first kappa shape index (κ1) is 15.6. The van der Waals surface area contributed by atoms with E-state index in [1.807, 2.05) is 30.0 Å². The molecule has 0 aromatic heterocycles. The van der Waals surface area contributed by atoms with Gasteiger partial charge < -0.3 is 5.32 Å². The number of rotatable bonds is 4. The van der Waals surface area contributed by atoms with Gasteiger partial charge in [-0.25, -0.2) is 0 Å². The van der Waals surface area contributed by atoms with Crippen molar-refractivity contribution in [3.05, 3.63) is 31.8 Å². The van der Waals surface area contributed by atoms with Crippen LogP contribution in [0.2, 0.25) is 0 Å². The molecule has 0 saturated carbocycles. The molecule has 1 heterocycles. The summed E-state index contributed by atoms with van der Waals surface area (Å²) in [5.74, 6) is 2.42. The lowest BCUT2D eigenvalue weighted by Gasteiger charge is -2.26. The molecule has 3 nitrogen and oxygen atoms in total. The van der Waals surface area contributed by atoms with E-state index < -0.39 is 0 Å². The van der Waals surface area contributed by atoms with Crippen molar-refractivity contribution < 1.29 is 4.79 Å². The van der Waals surface area contributed by atoms with Crippen LogP contribution in [0.4, 0.5) is 0 Å². The molecule has 0 radical (unpaired) electrons. The minimum atomic E-state index is 0.0112. The second-order valence-corrected chi connectivity index (χ2v) is 7.64. The molecule has 19 heavy (non-hydrogen) atoms. The number of halogens is 2. The average molecular weight is 455 g/mol. The van der Waals surface area contributed by atoms with Gasteiger partial charge in [-0.3, -0.25) is 9.69 Å². The number of carbonyl (C=O) groups excluding carboxylic acids is 1. The van der Waals surface area contributed by atoms with Crippen molar-refractivity contribution in [1.82, 2.24) is 10.2 Å². The monoisotopic (exact) mass is 454 g/mol. The zero-order valence-corrected chi connectivity index (χ0v) is 15.1. The lowest BCUT2D eigenvalue weighted by Crippen LogP contribution is -2.39. The Morgan fingerprint density at radius 3 is 2.89 bits per heavy atom. The predicted octanol–water partition coefficient (Wildman–Crippen LogP) is 2.83. The zero-order valence-electron chi connectivity index (χ0n) is 10.5. The average Bonchev–Trinajstić information content (AvgIpc) is 2.42. The van der Waals surface area contributed by atoms with Gasteiger partial charge in [0.1, 0.15) is 0 Å². The normalized spacial score (nSPS) is 16.3. The fraction of sp³-hybridized carbons (Fsp3) is 0.462. The summed E-state index contributed by atoms with van der Waals surface area (Å²) in [4.78, 5) is 14.5. The first-order chi connectivity index (χ1) is 9.16. The van der Waals surface area contributed by atoms with E-state index in [0.29, 0.717) is 6.54 Å². The van der Waals surface area contributed by atoms with Crippen molar-refractivity contribution in [2.75, 3.05) is 37.7 Å². The summed E-state index contributed by atoms with van der Waals surface area (Å²) in [6, 6.07) is 5.76. The van der Waals surface area contributed by atoms with E-state index in [2.05, 4.69) is 48.7 Å². The fourth-order valence-corrected chi connectivity index (χ4v) is 3.84. The summed E-state index contributed by atoms with van der Waals surface area (Å²) in [6.07, 6.45) is 0. The number of nitrogens with one attached hydrogen (secondary N) is 1. The molecule has 0 aliphatic carbocycles. The molecule has 1 aromatic rings. The lowest BCUT2D eigenvalue weighted by molar-refractivity contribution is 0.0948. The summed E-state index contributed by atoms with van der Waals surface area (Å²) >= 11 is 7.60. The Morgan fingerprint density at radius 2 is 2.16 bits per heavy atom. The molecule has 0 bridgehead atoms. The number of thioether (sulfide) groups is 1. The van der Waals surface area contributed by atoms with E-state index in [1.165, 1.54) is 11.5 Å². The van der Waals surface area contributed by atoms with E-state index in [0.717, 1.165) is 33.2 Å². The Balaban J connectivity index is 1.82. The highest BCUT2D eigenvalue weighted by atomic mass is 127. The predicted molar refractivity (Wildman–Crippen MR) is 93.0 cm³/mol. The highest BCUT2D eigenvalue weighted by molar-refractivity contribution is 14.1. The number of carbonyl (C=O) groups is 1. The van der Waals surface area contributed by atoms with Gasteiger partial charge in [0.2, 0.25) is 0 Å². The van der Waals surface area contributed by atoms with Gasteiger partial charge in [0.05, 0.1) is 5.56 Å². The van der Waals surface area contributed by atoms with Gasteiger partial charge in [0.15, 0.2) is 0 Å². The first-order valence-electron chi connectivity index (χ1n) is 6.20. The SMILES string of the molecule is O=C(NCCN1CCSCC1)c1cc(Br)ccc1I. The van der Waals surface area contributed by atoms with Crippen LogP contribution in [0.5, 0.6) is 0 Å². The maximum atomic E-state index is 12.1. The quantitative estimate of drug-likeness (QED) is 0.710. The van der Waals surface area contributed by atoms with Crippen LogP contribution in [0, 0.1) is 3.57 Å². The summed E-state index contributed by atoms with van der Waals surface area (Å²) in [5, 5.41) is 3.00. The number of hydrogen-bond donors (Lipinski definition) is 1.